The zero-order valence-electron chi connectivity index (χ0n) is 32.8. The van der Waals surface area contributed by atoms with Crippen molar-refractivity contribution in [3.63, 3.8) is 0 Å². The van der Waals surface area contributed by atoms with Crippen molar-refractivity contribution >= 4 is 13.7 Å². The van der Waals surface area contributed by atoms with Crippen LogP contribution in [0.15, 0.2) is 85.1 Å². The highest BCUT2D eigenvalue weighted by atomic mass is 31.2. The summed E-state index contributed by atoms with van der Waals surface area (Å²) in [7, 11) is 1.17. The standard InChI is InChI=1S/C42H73N2O6P/c1-6-8-10-12-14-16-18-20-22-24-26-28-30-32-34-36-42(46)43-40(39-50-51(47,48)49-38-37-44(3,4)5)41(45)35-33-31-29-27-25-23-21-19-17-15-13-11-9-7-2/h8,10,14,16,20,22,25-28,32-35,40-41,45H,6-7,9,11-13,15,17-19,21,23-24,29-31,36-39H2,1-5H3,(H-,43,46,47,48)/b10-8-,16-14-,22-20-,27-25+,28-26-,34-32-,35-33+. The van der Waals surface area contributed by atoms with E-state index in [0.717, 1.165) is 44.9 Å². The van der Waals surface area contributed by atoms with E-state index in [4.69, 9.17) is 9.05 Å². The van der Waals surface area contributed by atoms with Crippen LogP contribution in [0.5, 0.6) is 0 Å². The number of carbonyl (C=O) groups is 1. The van der Waals surface area contributed by atoms with Crippen LogP contribution in [0.2, 0.25) is 0 Å². The summed E-state index contributed by atoms with van der Waals surface area (Å²) in [6.07, 6.45) is 45.2. The van der Waals surface area contributed by atoms with Crippen LogP contribution in [0.4, 0.5) is 0 Å². The third-order valence-electron chi connectivity index (χ3n) is 7.87. The number of quaternary nitrogens is 1. The van der Waals surface area contributed by atoms with Gasteiger partial charge in [-0.2, -0.15) is 0 Å². The molecule has 0 radical (unpaired) electrons. The second-order valence-electron chi connectivity index (χ2n) is 13.9. The minimum absolute atomic E-state index is 0.0274. The van der Waals surface area contributed by atoms with Crippen LogP contribution in [0, 0.1) is 0 Å². The van der Waals surface area contributed by atoms with Crippen LogP contribution in [0.1, 0.15) is 123 Å². The fraction of sp³-hybridized carbons (Fsp3) is 0.643. The van der Waals surface area contributed by atoms with E-state index < -0.39 is 26.6 Å². The number of carbonyl (C=O) groups excluding carboxylic acids is 1. The maximum Gasteiger partial charge on any atom is 0.268 e. The van der Waals surface area contributed by atoms with Gasteiger partial charge >= 0.3 is 0 Å². The first-order chi connectivity index (χ1) is 24.5. The highest BCUT2D eigenvalue weighted by Gasteiger charge is 2.22. The van der Waals surface area contributed by atoms with E-state index in [1.54, 1.807) is 12.2 Å². The monoisotopic (exact) mass is 733 g/mol. The minimum Gasteiger partial charge on any atom is -0.756 e. The fourth-order valence-electron chi connectivity index (χ4n) is 4.76. The molecule has 0 heterocycles. The zero-order chi connectivity index (χ0) is 37.9. The van der Waals surface area contributed by atoms with Crippen molar-refractivity contribution in [1.29, 1.82) is 0 Å². The summed E-state index contributed by atoms with van der Waals surface area (Å²) in [4.78, 5) is 25.1. The van der Waals surface area contributed by atoms with E-state index in [-0.39, 0.29) is 18.9 Å². The molecule has 0 saturated carbocycles. The second-order valence-corrected chi connectivity index (χ2v) is 15.3. The van der Waals surface area contributed by atoms with E-state index >= 15 is 0 Å². The number of unbranched alkanes of at least 4 members (excludes halogenated alkanes) is 9. The summed E-state index contributed by atoms with van der Waals surface area (Å²) < 4.78 is 23.0. The number of nitrogens with zero attached hydrogens (tertiary/aromatic N) is 1. The number of phosphoric ester groups is 1. The molecule has 3 unspecified atom stereocenters. The normalized spacial score (nSPS) is 15.5. The highest BCUT2D eigenvalue weighted by Crippen LogP contribution is 2.38. The predicted octanol–water partition coefficient (Wildman–Crippen LogP) is 9.60. The lowest BCUT2D eigenvalue weighted by molar-refractivity contribution is -0.870. The van der Waals surface area contributed by atoms with Crippen LogP contribution in [-0.2, 0) is 18.4 Å². The smallest absolute Gasteiger partial charge is 0.268 e. The van der Waals surface area contributed by atoms with Crippen LogP contribution >= 0.6 is 7.82 Å². The largest absolute Gasteiger partial charge is 0.756 e. The van der Waals surface area contributed by atoms with Crippen LogP contribution in [0.3, 0.4) is 0 Å². The topological polar surface area (TPSA) is 108 Å². The predicted molar refractivity (Wildman–Crippen MR) is 214 cm³/mol. The van der Waals surface area contributed by atoms with Gasteiger partial charge in [-0.15, -0.1) is 0 Å². The van der Waals surface area contributed by atoms with Crippen LogP contribution in [-0.4, -0.2) is 68.5 Å². The van der Waals surface area contributed by atoms with Gasteiger partial charge in [0.15, 0.2) is 0 Å². The molecule has 1 amide bonds. The van der Waals surface area contributed by atoms with Crippen molar-refractivity contribution < 1.29 is 32.9 Å². The van der Waals surface area contributed by atoms with Crippen molar-refractivity contribution in [3.8, 4) is 0 Å². The highest BCUT2D eigenvalue weighted by molar-refractivity contribution is 7.45. The summed E-state index contributed by atoms with van der Waals surface area (Å²) in [6, 6.07) is -0.960. The summed E-state index contributed by atoms with van der Waals surface area (Å²) in [6.45, 7) is 4.38. The Balaban J connectivity index is 4.76. The zero-order valence-corrected chi connectivity index (χ0v) is 33.7. The Morgan fingerprint density at radius 1 is 0.706 bits per heavy atom. The average molecular weight is 733 g/mol. The number of amides is 1. The molecule has 0 saturated heterocycles. The number of hydrogen-bond acceptors (Lipinski definition) is 6. The van der Waals surface area contributed by atoms with E-state index in [0.29, 0.717) is 17.4 Å². The number of allylic oxidation sites excluding steroid dienone is 12. The summed E-state index contributed by atoms with van der Waals surface area (Å²) in [5, 5.41) is 13.6. The van der Waals surface area contributed by atoms with Crippen molar-refractivity contribution in [1.82, 2.24) is 5.32 Å². The second kappa shape index (κ2) is 33.5. The van der Waals surface area contributed by atoms with E-state index in [2.05, 4.69) is 73.8 Å². The van der Waals surface area contributed by atoms with Crippen molar-refractivity contribution in [2.75, 3.05) is 40.9 Å². The Morgan fingerprint density at radius 3 is 1.78 bits per heavy atom. The molecular weight excluding hydrogens is 659 g/mol. The molecule has 0 bridgehead atoms. The lowest BCUT2D eigenvalue weighted by Gasteiger charge is -2.29. The number of hydrogen-bond donors (Lipinski definition) is 2. The van der Waals surface area contributed by atoms with Gasteiger partial charge in [-0.1, -0.05) is 144 Å². The molecule has 0 aliphatic heterocycles. The summed E-state index contributed by atoms with van der Waals surface area (Å²) in [5.41, 5.74) is 0. The number of phosphoric acid groups is 1. The van der Waals surface area contributed by atoms with Crippen molar-refractivity contribution in [3.05, 3.63) is 85.1 Å². The molecule has 9 heteroatoms. The first kappa shape index (κ1) is 48.7. The van der Waals surface area contributed by atoms with Gasteiger partial charge in [0.1, 0.15) is 13.2 Å². The van der Waals surface area contributed by atoms with Crippen LogP contribution < -0.4 is 10.2 Å². The molecule has 51 heavy (non-hydrogen) atoms. The van der Waals surface area contributed by atoms with E-state index in [9.17, 15) is 19.4 Å². The number of likely N-dealkylation sites (N-methyl/N-ethyl adjacent to an activating group) is 1. The number of aliphatic hydroxyl groups is 1. The van der Waals surface area contributed by atoms with Gasteiger partial charge in [0.2, 0.25) is 5.91 Å². The summed E-state index contributed by atoms with van der Waals surface area (Å²) >= 11 is 0. The Bertz CT molecular complexity index is 1100. The van der Waals surface area contributed by atoms with Gasteiger partial charge in [-0.3, -0.25) is 9.36 Å². The van der Waals surface area contributed by atoms with E-state index in [1.807, 2.05) is 39.4 Å². The Kier molecular flexibility index (Phi) is 32.0. The molecule has 0 aliphatic rings. The summed E-state index contributed by atoms with van der Waals surface area (Å²) in [5.74, 6) is -0.340. The third-order valence-corrected chi connectivity index (χ3v) is 8.83. The average Bonchev–Trinajstić information content (AvgIpc) is 3.07. The molecule has 0 fully saturated rings. The Labute approximate surface area is 312 Å². The molecule has 8 nitrogen and oxygen atoms in total. The van der Waals surface area contributed by atoms with E-state index in [1.165, 1.54) is 51.4 Å². The van der Waals surface area contributed by atoms with Gasteiger partial charge in [-0.05, 0) is 57.8 Å². The third kappa shape index (κ3) is 35.9. The van der Waals surface area contributed by atoms with Gasteiger partial charge < -0.3 is 28.8 Å². The quantitative estimate of drug-likeness (QED) is 0.0301. The van der Waals surface area contributed by atoms with Gasteiger partial charge in [0.25, 0.3) is 7.82 Å². The minimum atomic E-state index is -4.62. The fourth-order valence-corrected chi connectivity index (χ4v) is 5.48. The van der Waals surface area contributed by atoms with Crippen molar-refractivity contribution in [2.45, 2.75) is 135 Å². The molecule has 0 aliphatic carbocycles. The van der Waals surface area contributed by atoms with Gasteiger partial charge in [-0.25, -0.2) is 0 Å². The maximum atomic E-state index is 12.7. The number of nitrogens with one attached hydrogen (secondary N) is 1. The molecule has 0 aromatic heterocycles. The van der Waals surface area contributed by atoms with Crippen LogP contribution in [0.25, 0.3) is 0 Å². The molecule has 3 atom stereocenters. The van der Waals surface area contributed by atoms with Crippen molar-refractivity contribution in [2.24, 2.45) is 0 Å². The molecule has 0 aromatic rings. The number of aliphatic hydroxyl groups excluding tert-OH is 1. The lowest BCUT2D eigenvalue weighted by atomic mass is 10.1. The maximum absolute atomic E-state index is 12.7. The molecule has 2 N–H and O–H groups in total. The number of rotatable bonds is 33. The molecule has 0 aromatic carbocycles. The van der Waals surface area contributed by atoms with Gasteiger partial charge in [0.05, 0.1) is 39.9 Å². The molecule has 0 rings (SSSR count). The Hall–Kier alpha value is -2.32. The first-order valence-electron chi connectivity index (χ1n) is 19.4. The molecule has 0 spiro atoms. The first-order valence-corrected chi connectivity index (χ1v) is 20.9. The molecule has 292 valence electrons. The molecular formula is C42H73N2O6P. The SMILES string of the molecule is CC/C=C\C/C=C\C/C=C\C/C=C\C/C=C\CC(=O)NC(COP(=O)([O-])OCC[N+](C)(C)C)C(O)/C=C/CC/C=C/CCCCCCCCCC. The Morgan fingerprint density at radius 2 is 1.22 bits per heavy atom. The lowest BCUT2D eigenvalue weighted by Crippen LogP contribution is -2.45. The van der Waals surface area contributed by atoms with Gasteiger partial charge in [0, 0.05) is 6.42 Å².